The molecule has 1 amide bonds. The highest BCUT2D eigenvalue weighted by atomic mass is 16.5. The minimum absolute atomic E-state index is 0.0918. The summed E-state index contributed by atoms with van der Waals surface area (Å²) >= 11 is 0. The van der Waals surface area contributed by atoms with Gasteiger partial charge >= 0.3 is 0 Å². The molecule has 0 aliphatic heterocycles. The van der Waals surface area contributed by atoms with Gasteiger partial charge in [-0.05, 0) is 44.4 Å². The van der Waals surface area contributed by atoms with Crippen LogP contribution in [0.1, 0.15) is 22.1 Å². The Morgan fingerprint density at radius 2 is 1.92 bits per heavy atom. The summed E-state index contributed by atoms with van der Waals surface area (Å²) in [6, 6.07) is 9.29. The van der Waals surface area contributed by atoms with Crippen LogP contribution in [-0.4, -0.2) is 50.2 Å². The van der Waals surface area contributed by atoms with Gasteiger partial charge in [0.05, 0.1) is 20.3 Å². The zero-order chi connectivity index (χ0) is 17.7. The molecule has 0 saturated carbocycles. The molecule has 1 aromatic carbocycles. The van der Waals surface area contributed by atoms with E-state index in [0.717, 1.165) is 5.69 Å². The number of nitrogens with one attached hydrogen (secondary N) is 1. The van der Waals surface area contributed by atoms with Crippen LogP contribution in [0.3, 0.4) is 0 Å². The SMILES string of the molecule is COc1ccc(C(=O)NCC(c2cccn2C)N(C)C)cc1OC. The summed E-state index contributed by atoms with van der Waals surface area (Å²) in [4.78, 5) is 14.5. The van der Waals surface area contributed by atoms with Crippen LogP contribution in [-0.2, 0) is 7.05 Å². The maximum Gasteiger partial charge on any atom is 0.251 e. The minimum Gasteiger partial charge on any atom is -0.493 e. The molecule has 0 bridgehead atoms. The van der Waals surface area contributed by atoms with E-state index in [4.69, 9.17) is 9.47 Å². The number of hydrogen-bond acceptors (Lipinski definition) is 4. The smallest absolute Gasteiger partial charge is 0.251 e. The summed E-state index contributed by atoms with van der Waals surface area (Å²) in [6.45, 7) is 0.512. The van der Waals surface area contributed by atoms with Gasteiger partial charge in [-0.25, -0.2) is 0 Å². The Morgan fingerprint density at radius 1 is 1.21 bits per heavy atom. The number of aromatic nitrogens is 1. The molecule has 0 fully saturated rings. The van der Waals surface area contributed by atoms with Crippen LogP contribution in [0.4, 0.5) is 0 Å². The summed E-state index contributed by atoms with van der Waals surface area (Å²) in [5.41, 5.74) is 1.68. The zero-order valence-electron chi connectivity index (χ0n) is 14.9. The van der Waals surface area contributed by atoms with Crippen molar-refractivity contribution in [2.75, 3.05) is 34.9 Å². The zero-order valence-corrected chi connectivity index (χ0v) is 14.9. The first kappa shape index (κ1) is 17.9. The van der Waals surface area contributed by atoms with Crippen molar-refractivity contribution in [3.63, 3.8) is 0 Å². The number of rotatable bonds is 7. The normalized spacial score (nSPS) is 12.1. The van der Waals surface area contributed by atoms with Crippen molar-refractivity contribution in [1.82, 2.24) is 14.8 Å². The fourth-order valence-electron chi connectivity index (χ4n) is 2.64. The van der Waals surface area contributed by atoms with E-state index in [1.807, 2.05) is 33.4 Å². The van der Waals surface area contributed by atoms with E-state index >= 15 is 0 Å². The van der Waals surface area contributed by atoms with Gasteiger partial charge in [-0.2, -0.15) is 0 Å². The number of ether oxygens (including phenoxy) is 2. The predicted molar refractivity (Wildman–Crippen MR) is 93.7 cm³/mol. The van der Waals surface area contributed by atoms with Crippen LogP contribution in [0.5, 0.6) is 11.5 Å². The molecule has 6 heteroatoms. The van der Waals surface area contributed by atoms with Crippen LogP contribution < -0.4 is 14.8 Å². The molecule has 6 nitrogen and oxygen atoms in total. The maximum atomic E-state index is 12.5. The van der Waals surface area contributed by atoms with Crippen molar-refractivity contribution in [3.05, 3.63) is 47.8 Å². The lowest BCUT2D eigenvalue weighted by Crippen LogP contribution is -2.35. The average Bonchev–Trinajstić information content (AvgIpc) is 2.99. The molecule has 130 valence electrons. The van der Waals surface area contributed by atoms with E-state index < -0.39 is 0 Å². The van der Waals surface area contributed by atoms with Gasteiger partial charge in [0.1, 0.15) is 0 Å². The van der Waals surface area contributed by atoms with Crippen LogP contribution in [0.25, 0.3) is 0 Å². The fraction of sp³-hybridized carbons (Fsp3) is 0.389. The molecule has 0 aliphatic carbocycles. The Labute approximate surface area is 143 Å². The van der Waals surface area contributed by atoms with Gasteiger partial charge in [-0.3, -0.25) is 9.69 Å². The molecule has 1 N–H and O–H groups in total. The third kappa shape index (κ3) is 3.89. The van der Waals surface area contributed by atoms with E-state index in [2.05, 4.69) is 20.9 Å². The minimum atomic E-state index is -0.142. The van der Waals surface area contributed by atoms with Gasteiger partial charge < -0.3 is 19.4 Å². The first-order chi connectivity index (χ1) is 11.5. The van der Waals surface area contributed by atoms with E-state index in [1.54, 1.807) is 32.4 Å². The predicted octanol–water partition coefficient (Wildman–Crippen LogP) is 2.08. The van der Waals surface area contributed by atoms with Crippen molar-refractivity contribution in [2.24, 2.45) is 7.05 Å². The molecular formula is C18H25N3O3. The van der Waals surface area contributed by atoms with Gasteiger partial charge in [-0.15, -0.1) is 0 Å². The highest BCUT2D eigenvalue weighted by Crippen LogP contribution is 2.27. The molecule has 2 aromatic rings. The lowest BCUT2D eigenvalue weighted by atomic mass is 10.1. The molecule has 1 heterocycles. The lowest BCUT2D eigenvalue weighted by Gasteiger charge is -2.25. The van der Waals surface area contributed by atoms with E-state index in [9.17, 15) is 4.79 Å². The summed E-state index contributed by atoms with van der Waals surface area (Å²) in [6.07, 6.45) is 2.00. The second-order valence-electron chi connectivity index (χ2n) is 5.80. The van der Waals surface area contributed by atoms with Crippen LogP contribution >= 0.6 is 0 Å². The molecule has 2 rings (SSSR count). The van der Waals surface area contributed by atoms with Crippen LogP contribution in [0, 0.1) is 0 Å². The number of aryl methyl sites for hydroxylation is 1. The topological polar surface area (TPSA) is 55.7 Å². The van der Waals surface area contributed by atoms with Crippen molar-refractivity contribution in [1.29, 1.82) is 0 Å². The monoisotopic (exact) mass is 331 g/mol. The molecule has 1 aromatic heterocycles. The molecule has 24 heavy (non-hydrogen) atoms. The molecule has 0 radical (unpaired) electrons. The lowest BCUT2D eigenvalue weighted by molar-refractivity contribution is 0.0940. The highest BCUT2D eigenvalue weighted by molar-refractivity contribution is 5.94. The van der Waals surface area contributed by atoms with Crippen molar-refractivity contribution < 1.29 is 14.3 Å². The Bertz CT molecular complexity index is 695. The molecule has 0 saturated heterocycles. The fourth-order valence-corrected chi connectivity index (χ4v) is 2.64. The Kier molecular flexibility index (Phi) is 5.87. The molecular weight excluding hydrogens is 306 g/mol. The number of benzene rings is 1. The molecule has 0 spiro atoms. The van der Waals surface area contributed by atoms with E-state index in [0.29, 0.717) is 23.6 Å². The number of methoxy groups -OCH3 is 2. The summed E-state index contributed by atoms with van der Waals surface area (Å²) in [5, 5.41) is 2.99. The largest absolute Gasteiger partial charge is 0.493 e. The summed E-state index contributed by atoms with van der Waals surface area (Å²) in [5.74, 6) is 0.998. The number of likely N-dealkylation sites (N-methyl/N-ethyl adjacent to an activating group) is 1. The van der Waals surface area contributed by atoms with Crippen molar-refractivity contribution in [3.8, 4) is 11.5 Å². The Balaban J connectivity index is 2.10. The average molecular weight is 331 g/mol. The highest BCUT2D eigenvalue weighted by Gasteiger charge is 2.18. The first-order valence-corrected chi connectivity index (χ1v) is 7.75. The second-order valence-corrected chi connectivity index (χ2v) is 5.80. The number of amides is 1. The van der Waals surface area contributed by atoms with Crippen LogP contribution in [0.15, 0.2) is 36.5 Å². The van der Waals surface area contributed by atoms with Gasteiger partial charge in [-0.1, -0.05) is 0 Å². The van der Waals surface area contributed by atoms with Gasteiger partial charge in [0.15, 0.2) is 11.5 Å². The maximum absolute atomic E-state index is 12.5. The third-order valence-electron chi connectivity index (χ3n) is 4.05. The number of carbonyl (C=O) groups excluding carboxylic acids is 1. The van der Waals surface area contributed by atoms with Gasteiger partial charge in [0.25, 0.3) is 5.91 Å². The first-order valence-electron chi connectivity index (χ1n) is 7.75. The summed E-state index contributed by atoms with van der Waals surface area (Å²) < 4.78 is 12.5. The Morgan fingerprint density at radius 3 is 2.46 bits per heavy atom. The van der Waals surface area contributed by atoms with Crippen molar-refractivity contribution in [2.45, 2.75) is 6.04 Å². The standard InChI is InChI=1S/C18H25N3O3/c1-20(2)15(14-7-6-10-21(14)3)12-19-18(22)13-8-9-16(23-4)17(11-13)24-5/h6-11,15H,12H2,1-5H3,(H,19,22). The molecule has 0 aliphatic rings. The quantitative estimate of drug-likeness (QED) is 0.844. The molecule has 1 unspecified atom stereocenters. The van der Waals surface area contributed by atoms with E-state index in [-0.39, 0.29) is 11.9 Å². The molecule has 1 atom stereocenters. The third-order valence-corrected chi connectivity index (χ3v) is 4.05. The number of carbonyl (C=O) groups is 1. The van der Waals surface area contributed by atoms with Crippen molar-refractivity contribution >= 4 is 5.91 Å². The van der Waals surface area contributed by atoms with Crippen LogP contribution in [0.2, 0.25) is 0 Å². The summed E-state index contributed by atoms with van der Waals surface area (Å²) in [7, 11) is 9.12. The second kappa shape index (κ2) is 7.88. The number of nitrogens with zero attached hydrogens (tertiary/aromatic N) is 2. The van der Waals surface area contributed by atoms with Gasteiger partial charge in [0.2, 0.25) is 0 Å². The van der Waals surface area contributed by atoms with Gasteiger partial charge in [0, 0.05) is 31.0 Å². The Hall–Kier alpha value is -2.47. The van der Waals surface area contributed by atoms with E-state index in [1.165, 1.54) is 0 Å². The number of hydrogen-bond donors (Lipinski definition) is 1.